The SMILES string of the molecule is C=C1CC[C@H]2[C@@](C)(CO[C@@H]3O[C@@H](CO)[C@@H](O[C@@H]4O[C@H](CO)[C@@H](O)[C@H](O)[C@H]4O)[C@H](O)[C@@H]3O)CCC[C@@]2(C)[C@H]1CCC1=CC(=O)OC1. The molecule has 2 aliphatic carbocycles. The number of aliphatic hydroxyl groups excluding tert-OH is 7. The van der Waals surface area contributed by atoms with Crippen molar-refractivity contribution in [3.63, 3.8) is 0 Å². The lowest BCUT2D eigenvalue weighted by Crippen LogP contribution is -2.65. The average Bonchev–Trinajstić information content (AvgIpc) is 3.43. The first-order valence-electron chi connectivity index (χ1n) is 16.1. The van der Waals surface area contributed by atoms with Gasteiger partial charge in [-0.1, -0.05) is 32.4 Å². The number of ether oxygens (including phenoxy) is 5. The van der Waals surface area contributed by atoms with Crippen LogP contribution in [0.1, 0.15) is 58.8 Å². The van der Waals surface area contributed by atoms with Crippen LogP contribution in [0.3, 0.4) is 0 Å². The minimum atomic E-state index is -1.73. The molecule has 0 unspecified atom stereocenters. The molecular weight excluding hydrogens is 592 g/mol. The van der Waals surface area contributed by atoms with Crippen molar-refractivity contribution >= 4 is 5.97 Å². The van der Waals surface area contributed by atoms with E-state index in [1.807, 2.05) is 0 Å². The van der Waals surface area contributed by atoms with Crippen LogP contribution in [-0.4, -0.2) is 130 Å². The maximum absolute atomic E-state index is 11.6. The molecule has 2 saturated carbocycles. The van der Waals surface area contributed by atoms with E-state index in [2.05, 4.69) is 20.4 Å². The zero-order chi connectivity index (χ0) is 32.7. The molecule has 45 heavy (non-hydrogen) atoms. The Morgan fingerprint density at radius 3 is 2.29 bits per heavy atom. The van der Waals surface area contributed by atoms with Crippen molar-refractivity contribution in [3.8, 4) is 0 Å². The number of hydrogen-bond acceptors (Lipinski definition) is 13. The summed E-state index contributed by atoms with van der Waals surface area (Å²) in [6.45, 7) is 8.25. The molecule has 5 rings (SSSR count). The number of carbonyl (C=O) groups excluding carboxylic acids is 1. The number of allylic oxidation sites excluding steroid dienone is 1. The van der Waals surface area contributed by atoms with Crippen LogP contribution in [0.4, 0.5) is 0 Å². The first kappa shape index (κ1) is 34.8. The van der Waals surface area contributed by atoms with Gasteiger partial charge < -0.3 is 59.4 Å². The first-order valence-corrected chi connectivity index (χ1v) is 16.1. The van der Waals surface area contributed by atoms with Gasteiger partial charge in [0.1, 0.15) is 55.4 Å². The van der Waals surface area contributed by atoms with Gasteiger partial charge in [0.15, 0.2) is 12.6 Å². The fourth-order valence-corrected chi connectivity index (χ4v) is 8.64. The Morgan fingerprint density at radius 1 is 0.933 bits per heavy atom. The summed E-state index contributed by atoms with van der Waals surface area (Å²) < 4.78 is 28.2. The number of carbonyl (C=O) groups is 1. The molecule has 7 N–H and O–H groups in total. The van der Waals surface area contributed by atoms with E-state index in [9.17, 15) is 40.5 Å². The quantitative estimate of drug-likeness (QED) is 0.121. The van der Waals surface area contributed by atoms with Gasteiger partial charge in [0.25, 0.3) is 0 Å². The van der Waals surface area contributed by atoms with E-state index in [1.165, 1.54) is 5.57 Å². The molecule has 0 aromatic heterocycles. The minimum Gasteiger partial charge on any atom is -0.458 e. The summed E-state index contributed by atoms with van der Waals surface area (Å²) in [5.41, 5.74) is 1.92. The first-order chi connectivity index (χ1) is 21.3. The molecule has 256 valence electrons. The third-order valence-electron chi connectivity index (χ3n) is 11.2. The zero-order valence-corrected chi connectivity index (χ0v) is 26.1. The lowest BCUT2D eigenvalue weighted by molar-refractivity contribution is -0.361. The van der Waals surface area contributed by atoms with Crippen molar-refractivity contribution in [2.45, 2.75) is 120 Å². The molecule has 2 saturated heterocycles. The third-order valence-corrected chi connectivity index (χ3v) is 11.2. The molecule has 13 heteroatoms. The van der Waals surface area contributed by atoms with Gasteiger partial charge in [0, 0.05) is 6.08 Å². The fourth-order valence-electron chi connectivity index (χ4n) is 8.64. The molecule has 3 aliphatic heterocycles. The largest absolute Gasteiger partial charge is 0.458 e. The van der Waals surface area contributed by atoms with Crippen molar-refractivity contribution in [1.82, 2.24) is 0 Å². The van der Waals surface area contributed by atoms with Gasteiger partial charge in [-0.05, 0) is 66.8 Å². The summed E-state index contributed by atoms with van der Waals surface area (Å²) in [5, 5.41) is 72.2. The summed E-state index contributed by atoms with van der Waals surface area (Å²) >= 11 is 0. The molecule has 0 bridgehead atoms. The maximum Gasteiger partial charge on any atom is 0.331 e. The summed E-state index contributed by atoms with van der Waals surface area (Å²) in [4.78, 5) is 11.6. The monoisotopic (exact) mass is 642 g/mol. The van der Waals surface area contributed by atoms with Gasteiger partial charge in [-0.3, -0.25) is 0 Å². The van der Waals surface area contributed by atoms with Gasteiger partial charge >= 0.3 is 5.97 Å². The van der Waals surface area contributed by atoms with Gasteiger partial charge in [-0.2, -0.15) is 0 Å². The van der Waals surface area contributed by atoms with E-state index in [-0.39, 0.29) is 35.2 Å². The summed E-state index contributed by atoms with van der Waals surface area (Å²) in [6, 6.07) is 0. The predicted octanol–water partition coefficient (Wildman–Crippen LogP) is -0.331. The van der Waals surface area contributed by atoms with Crippen molar-refractivity contribution in [3.05, 3.63) is 23.8 Å². The van der Waals surface area contributed by atoms with Crippen LogP contribution in [0.2, 0.25) is 0 Å². The third kappa shape index (κ3) is 6.77. The average molecular weight is 643 g/mol. The van der Waals surface area contributed by atoms with Gasteiger partial charge in [-0.25, -0.2) is 4.79 Å². The van der Waals surface area contributed by atoms with E-state index >= 15 is 0 Å². The highest BCUT2D eigenvalue weighted by Crippen LogP contribution is 2.62. The van der Waals surface area contributed by atoms with Gasteiger partial charge in [-0.15, -0.1) is 0 Å². The molecule has 14 atom stereocenters. The highest BCUT2D eigenvalue weighted by Gasteiger charge is 2.56. The van der Waals surface area contributed by atoms with Crippen LogP contribution in [0, 0.1) is 22.7 Å². The molecule has 13 nitrogen and oxygen atoms in total. The van der Waals surface area contributed by atoms with Crippen LogP contribution in [0.25, 0.3) is 0 Å². The van der Waals surface area contributed by atoms with Crippen LogP contribution in [0.15, 0.2) is 23.8 Å². The molecule has 3 heterocycles. The lowest BCUT2D eigenvalue weighted by Gasteiger charge is -2.59. The van der Waals surface area contributed by atoms with Crippen LogP contribution in [-0.2, 0) is 28.5 Å². The zero-order valence-electron chi connectivity index (χ0n) is 26.1. The molecule has 0 spiro atoms. The normalized spacial score (nSPS) is 47.3. The summed E-state index contributed by atoms with van der Waals surface area (Å²) in [5.74, 6) is 0.266. The minimum absolute atomic E-state index is 0.0424. The smallest absolute Gasteiger partial charge is 0.331 e. The molecule has 4 fully saturated rings. The Balaban J connectivity index is 1.24. The van der Waals surface area contributed by atoms with E-state index in [1.54, 1.807) is 6.08 Å². The Morgan fingerprint density at radius 2 is 1.62 bits per heavy atom. The van der Waals surface area contributed by atoms with E-state index in [0.717, 1.165) is 50.5 Å². The number of esters is 1. The number of fused-ring (bicyclic) bond motifs is 1. The molecule has 0 aromatic rings. The molecule has 0 aromatic carbocycles. The van der Waals surface area contributed by atoms with Crippen LogP contribution < -0.4 is 0 Å². The highest BCUT2D eigenvalue weighted by atomic mass is 16.7. The Labute approximate surface area is 263 Å². The van der Waals surface area contributed by atoms with Crippen LogP contribution >= 0.6 is 0 Å². The second-order valence-corrected chi connectivity index (χ2v) is 14.1. The number of hydrogen-bond donors (Lipinski definition) is 7. The fraction of sp³-hybridized carbons (Fsp3) is 0.844. The Bertz CT molecular complexity index is 1090. The summed E-state index contributed by atoms with van der Waals surface area (Å²) in [7, 11) is 0. The maximum atomic E-state index is 11.6. The molecule has 0 amide bonds. The van der Waals surface area contributed by atoms with Crippen molar-refractivity contribution in [1.29, 1.82) is 0 Å². The highest BCUT2D eigenvalue weighted by molar-refractivity contribution is 5.85. The number of rotatable bonds is 10. The van der Waals surface area contributed by atoms with Crippen molar-refractivity contribution in [2.75, 3.05) is 26.4 Å². The Kier molecular flexibility index (Phi) is 10.8. The summed E-state index contributed by atoms with van der Waals surface area (Å²) in [6.07, 6.45) is -6.91. The topological polar surface area (TPSA) is 205 Å². The molecular formula is C32H50O13. The number of cyclic esters (lactones) is 1. The van der Waals surface area contributed by atoms with E-state index in [4.69, 9.17) is 23.7 Å². The standard InChI is InChI=1S/C32H50O13/c1-16-5-8-21-31(2,9-4-10-32(21,3)18(16)7-6-17-11-22(35)41-14-17)15-42-29-27(40)25(38)28(20(13-34)44-29)45-30-26(39)24(37)23(36)19(12-33)43-30/h11,18-21,23-30,33-34,36-40H,1,4-10,12-15H2,2-3H3/t18-,19+,20-,21-,23+,24-,25+,26+,27-,28+,29+,30-,31+,32-/m0/s1. The molecule has 0 radical (unpaired) electrons. The van der Waals surface area contributed by atoms with Crippen molar-refractivity contribution < 1.29 is 64.2 Å². The Hall–Kier alpha value is -1.49. The predicted molar refractivity (Wildman–Crippen MR) is 156 cm³/mol. The van der Waals surface area contributed by atoms with Gasteiger partial charge in [0.05, 0.1) is 19.8 Å². The lowest BCUT2D eigenvalue weighted by atomic mass is 9.47. The van der Waals surface area contributed by atoms with E-state index in [0.29, 0.717) is 6.61 Å². The van der Waals surface area contributed by atoms with Crippen molar-refractivity contribution in [2.24, 2.45) is 22.7 Å². The van der Waals surface area contributed by atoms with E-state index < -0.39 is 74.6 Å². The van der Waals surface area contributed by atoms with Gasteiger partial charge in [0.2, 0.25) is 0 Å². The van der Waals surface area contributed by atoms with Crippen LogP contribution in [0.5, 0.6) is 0 Å². The molecule has 5 aliphatic rings. The number of aliphatic hydroxyl groups is 7. The second-order valence-electron chi connectivity index (χ2n) is 14.1. The second kappa shape index (κ2) is 13.9.